The SMILES string of the molecule is COc1cc(NC(=O)c2ccc(-c3ccc(F)cc3)s2)c(C(=O)N2CCCCC2)cc1OC. The zero-order valence-corrected chi connectivity index (χ0v) is 19.3. The standard InChI is InChI=1S/C25H25FN2O4S/c1-31-20-14-18(25(30)28-12-4-3-5-13-28)19(15-21(20)32-2)27-24(29)23-11-10-22(33-23)16-6-8-17(26)9-7-16/h6-11,14-15H,3-5,12-13H2,1-2H3,(H,27,29). The van der Waals surface area contributed by atoms with Crippen LogP contribution < -0.4 is 14.8 Å². The van der Waals surface area contributed by atoms with Crippen LogP contribution in [0.1, 0.15) is 39.3 Å². The van der Waals surface area contributed by atoms with Crippen LogP contribution in [0.5, 0.6) is 11.5 Å². The number of hydrogen-bond donors (Lipinski definition) is 1. The Bertz CT molecular complexity index is 1150. The molecule has 3 aromatic rings. The third-order valence-corrected chi connectivity index (χ3v) is 6.74. The van der Waals surface area contributed by atoms with Gasteiger partial charge in [-0.25, -0.2) is 4.39 Å². The van der Waals surface area contributed by atoms with Crippen molar-refractivity contribution in [2.45, 2.75) is 19.3 Å². The number of carbonyl (C=O) groups excluding carboxylic acids is 2. The summed E-state index contributed by atoms with van der Waals surface area (Å²) in [5, 5.41) is 2.88. The highest BCUT2D eigenvalue weighted by Gasteiger charge is 2.24. The van der Waals surface area contributed by atoms with Gasteiger partial charge in [0.25, 0.3) is 11.8 Å². The summed E-state index contributed by atoms with van der Waals surface area (Å²) in [5.41, 5.74) is 1.55. The highest BCUT2D eigenvalue weighted by molar-refractivity contribution is 7.17. The fraction of sp³-hybridized carbons (Fsp3) is 0.280. The van der Waals surface area contributed by atoms with Crippen molar-refractivity contribution < 1.29 is 23.5 Å². The Balaban J connectivity index is 1.62. The number of nitrogens with zero attached hydrogens (tertiary/aromatic N) is 1. The second kappa shape index (κ2) is 10.0. The first-order chi connectivity index (χ1) is 16.0. The summed E-state index contributed by atoms with van der Waals surface area (Å²) in [6.45, 7) is 1.37. The fourth-order valence-electron chi connectivity index (χ4n) is 3.84. The maximum atomic E-state index is 13.3. The summed E-state index contributed by atoms with van der Waals surface area (Å²) in [6, 6.07) is 12.9. The van der Waals surface area contributed by atoms with E-state index in [1.165, 1.54) is 37.7 Å². The average Bonchev–Trinajstić information content (AvgIpc) is 3.35. The number of likely N-dealkylation sites (tertiary alicyclic amines) is 1. The molecule has 2 heterocycles. The highest BCUT2D eigenvalue weighted by Crippen LogP contribution is 2.35. The molecule has 6 nitrogen and oxygen atoms in total. The average molecular weight is 469 g/mol. The Hall–Kier alpha value is -3.39. The highest BCUT2D eigenvalue weighted by atomic mass is 32.1. The molecular formula is C25H25FN2O4S. The molecule has 2 aromatic carbocycles. The van der Waals surface area contributed by atoms with E-state index in [0.717, 1.165) is 29.7 Å². The first-order valence-corrected chi connectivity index (χ1v) is 11.5. The van der Waals surface area contributed by atoms with Gasteiger partial charge in [-0.05, 0) is 55.2 Å². The van der Waals surface area contributed by atoms with Gasteiger partial charge in [-0.15, -0.1) is 11.3 Å². The topological polar surface area (TPSA) is 67.9 Å². The Labute approximate surface area is 195 Å². The van der Waals surface area contributed by atoms with Gasteiger partial charge in [0.15, 0.2) is 11.5 Å². The van der Waals surface area contributed by atoms with Crippen molar-refractivity contribution in [1.29, 1.82) is 0 Å². The third-order valence-electron chi connectivity index (χ3n) is 5.60. The number of methoxy groups -OCH3 is 2. The van der Waals surface area contributed by atoms with Gasteiger partial charge < -0.3 is 19.7 Å². The van der Waals surface area contributed by atoms with Crippen LogP contribution in [0.15, 0.2) is 48.5 Å². The molecule has 0 spiro atoms. The summed E-state index contributed by atoms with van der Waals surface area (Å²) >= 11 is 1.29. The summed E-state index contributed by atoms with van der Waals surface area (Å²) in [6.07, 6.45) is 3.03. The number of carbonyl (C=O) groups is 2. The Morgan fingerprint density at radius 3 is 2.27 bits per heavy atom. The number of hydrogen-bond acceptors (Lipinski definition) is 5. The van der Waals surface area contributed by atoms with Crippen LogP contribution in [0.4, 0.5) is 10.1 Å². The monoisotopic (exact) mass is 468 g/mol. The van der Waals surface area contributed by atoms with Gasteiger partial charge in [0.2, 0.25) is 0 Å². The van der Waals surface area contributed by atoms with Crippen LogP contribution in [0.2, 0.25) is 0 Å². The molecule has 1 saturated heterocycles. The second-order valence-electron chi connectivity index (χ2n) is 7.73. The lowest BCUT2D eigenvalue weighted by Gasteiger charge is -2.28. The number of thiophene rings is 1. The molecule has 0 atom stereocenters. The molecule has 4 rings (SSSR count). The molecule has 0 radical (unpaired) electrons. The molecule has 1 aliphatic rings. The summed E-state index contributed by atoms with van der Waals surface area (Å²) in [7, 11) is 3.01. The molecule has 172 valence electrons. The molecule has 1 N–H and O–H groups in total. The second-order valence-corrected chi connectivity index (χ2v) is 8.81. The molecule has 0 bridgehead atoms. The normalized spacial score (nSPS) is 13.5. The lowest BCUT2D eigenvalue weighted by molar-refractivity contribution is 0.0725. The van der Waals surface area contributed by atoms with Crippen LogP contribution >= 0.6 is 11.3 Å². The number of amides is 2. The molecule has 2 amide bonds. The quantitative estimate of drug-likeness (QED) is 0.522. The largest absolute Gasteiger partial charge is 0.493 e. The minimum Gasteiger partial charge on any atom is -0.493 e. The number of halogens is 1. The Morgan fingerprint density at radius 2 is 1.61 bits per heavy atom. The minimum atomic E-state index is -0.340. The maximum absolute atomic E-state index is 13.3. The first-order valence-electron chi connectivity index (χ1n) is 10.7. The van der Waals surface area contributed by atoms with Gasteiger partial charge in [0.05, 0.1) is 30.3 Å². The van der Waals surface area contributed by atoms with Crippen molar-refractivity contribution >= 4 is 28.8 Å². The van der Waals surface area contributed by atoms with E-state index in [-0.39, 0.29) is 17.6 Å². The van der Waals surface area contributed by atoms with E-state index in [4.69, 9.17) is 9.47 Å². The lowest BCUT2D eigenvalue weighted by atomic mass is 10.1. The van der Waals surface area contributed by atoms with Crippen LogP contribution in [-0.2, 0) is 0 Å². The number of nitrogens with one attached hydrogen (secondary N) is 1. The predicted molar refractivity (Wildman–Crippen MR) is 127 cm³/mol. The lowest BCUT2D eigenvalue weighted by Crippen LogP contribution is -2.36. The maximum Gasteiger partial charge on any atom is 0.265 e. The van der Waals surface area contributed by atoms with Crippen LogP contribution in [0.3, 0.4) is 0 Å². The predicted octanol–water partition coefficient (Wildman–Crippen LogP) is 5.45. The van der Waals surface area contributed by atoms with Crippen molar-refractivity contribution in [2.75, 3.05) is 32.6 Å². The molecule has 1 aromatic heterocycles. The van der Waals surface area contributed by atoms with Gasteiger partial charge in [0.1, 0.15) is 5.82 Å². The van der Waals surface area contributed by atoms with Gasteiger partial charge in [-0.2, -0.15) is 0 Å². The van der Waals surface area contributed by atoms with Crippen molar-refractivity contribution in [3.05, 3.63) is 64.8 Å². The zero-order chi connectivity index (χ0) is 23.4. The van der Waals surface area contributed by atoms with Gasteiger partial charge >= 0.3 is 0 Å². The molecule has 1 aliphatic heterocycles. The molecule has 8 heteroatoms. The number of piperidine rings is 1. The molecule has 1 fully saturated rings. The zero-order valence-electron chi connectivity index (χ0n) is 18.5. The van der Waals surface area contributed by atoms with Crippen LogP contribution in [0, 0.1) is 5.82 Å². The number of rotatable bonds is 6. The van der Waals surface area contributed by atoms with Crippen molar-refractivity contribution in [3.63, 3.8) is 0 Å². The minimum absolute atomic E-state index is 0.149. The van der Waals surface area contributed by atoms with Crippen molar-refractivity contribution in [3.8, 4) is 21.9 Å². The summed E-state index contributed by atoms with van der Waals surface area (Å²) < 4.78 is 24.0. The molecule has 0 aliphatic carbocycles. The number of benzene rings is 2. The number of ether oxygens (including phenoxy) is 2. The summed E-state index contributed by atoms with van der Waals surface area (Å²) in [5.74, 6) is 0.0387. The van der Waals surface area contributed by atoms with Crippen LogP contribution in [0.25, 0.3) is 10.4 Å². The first kappa shape index (κ1) is 22.8. The third kappa shape index (κ3) is 5.01. The summed E-state index contributed by atoms with van der Waals surface area (Å²) in [4.78, 5) is 29.5. The van der Waals surface area contributed by atoms with E-state index in [9.17, 15) is 14.0 Å². The number of anilines is 1. The molecule has 0 saturated carbocycles. The molecule has 33 heavy (non-hydrogen) atoms. The Kier molecular flexibility index (Phi) is 6.93. The van der Waals surface area contributed by atoms with Gasteiger partial charge in [0, 0.05) is 24.0 Å². The smallest absolute Gasteiger partial charge is 0.265 e. The Morgan fingerprint density at radius 1 is 0.939 bits per heavy atom. The van der Waals surface area contributed by atoms with E-state index in [2.05, 4.69) is 5.32 Å². The van der Waals surface area contributed by atoms with Gasteiger partial charge in [-0.1, -0.05) is 12.1 Å². The molecular weight excluding hydrogens is 443 g/mol. The van der Waals surface area contributed by atoms with Crippen LogP contribution in [-0.4, -0.2) is 44.0 Å². The van der Waals surface area contributed by atoms with Gasteiger partial charge in [-0.3, -0.25) is 9.59 Å². The molecule has 0 unspecified atom stereocenters. The van der Waals surface area contributed by atoms with E-state index >= 15 is 0 Å². The van der Waals surface area contributed by atoms with Crippen molar-refractivity contribution in [2.24, 2.45) is 0 Å². The fourth-order valence-corrected chi connectivity index (χ4v) is 4.75. The van der Waals surface area contributed by atoms with E-state index in [1.807, 2.05) is 6.07 Å². The van der Waals surface area contributed by atoms with Crippen molar-refractivity contribution in [1.82, 2.24) is 4.90 Å². The van der Waals surface area contributed by atoms with E-state index < -0.39 is 0 Å². The van der Waals surface area contributed by atoms with E-state index in [1.54, 1.807) is 35.2 Å². The van der Waals surface area contributed by atoms with E-state index in [0.29, 0.717) is 40.7 Å².